The Hall–Kier alpha value is -2.01. The van der Waals surface area contributed by atoms with Crippen molar-refractivity contribution in [3.8, 4) is 0 Å². The summed E-state index contributed by atoms with van der Waals surface area (Å²) in [6, 6.07) is 11.9. The van der Waals surface area contributed by atoms with Crippen LogP contribution >= 0.6 is 11.3 Å². The minimum atomic E-state index is -0.160. The molecule has 1 fully saturated rings. The molecule has 22 heavy (non-hydrogen) atoms. The zero-order chi connectivity index (χ0) is 15.4. The monoisotopic (exact) mass is 315 g/mol. The fraction of sp³-hybridized carbons (Fsp3) is 0.353. The summed E-state index contributed by atoms with van der Waals surface area (Å²) in [6.45, 7) is 4.12. The van der Waals surface area contributed by atoms with E-state index in [2.05, 4.69) is 21.6 Å². The molecule has 116 valence electrons. The van der Waals surface area contributed by atoms with E-state index in [9.17, 15) is 4.79 Å². The van der Waals surface area contributed by atoms with Crippen molar-refractivity contribution < 1.29 is 4.79 Å². The number of thiophene rings is 1. The number of amides is 2. The van der Waals surface area contributed by atoms with Crippen LogP contribution in [0.25, 0.3) is 0 Å². The van der Waals surface area contributed by atoms with E-state index in [4.69, 9.17) is 0 Å². The Morgan fingerprint density at radius 1 is 1.18 bits per heavy atom. The van der Waals surface area contributed by atoms with Crippen molar-refractivity contribution >= 4 is 28.7 Å². The molecule has 4 nitrogen and oxygen atoms in total. The molecule has 0 bridgehead atoms. The van der Waals surface area contributed by atoms with Crippen LogP contribution in [0.15, 0.2) is 41.8 Å². The second-order valence-corrected chi connectivity index (χ2v) is 6.53. The van der Waals surface area contributed by atoms with Crippen LogP contribution in [0.2, 0.25) is 0 Å². The first-order chi connectivity index (χ1) is 10.7. The predicted molar refractivity (Wildman–Crippen MR) is 92.8 cm³/mol. The molecule has 5 heteroatoms. The first kappa shape index (κ1) is 14.9. The van der Waals surface area contributed by atoms with Crippen LogP contribution in [0.3, 0.4) is 0 Å². The molecule has 1 aliphatic heterocycles. The first-order valence-electron chi connectivity index (χ1n) is 7.69. The van der Waals surface area contributed by atoms with Gasteiger partial charge in [0.25, 0.3) is 0 Å². The van der Waals surface area contributed by atoms with Gasteiger partial charge in [-0.3, -0.25) is 0 Å². The van der Waals surface area contributed by atoms with Gasteiger partial charge in [-0.2, -0.15) is 0 Å². The topological polar surface area (TPSA) is 44.4 Å². The Bertz CT molecular complexity index is 621. The van der Waals surface area contributed by atoms with Crippen molar-refractivity contribution in [2.24, 2.45) is 0 Å². The number of urea groups is 1. The van der Waals surface area contributed by atoms with E-state index in [0.29, 0.717) is 0 Å². The van der Waals surface area contributed by atoms with Crippen molar-refractivity contribution in [2.75, 3.05) is 23.3 Å². The lowest BCUT2D eigenvalue weighted by atomic mass is 10.2. The van der Waals surface area contributed by atoms with E-state index >= 15 is 0 Å². The Balaban J connectivity index is 1.66. The molecule has 0 aliphatic carbocycles. The van der Waals surface area contributed by atoms with E-state index in [-0.39, 0.29) is 12.1 Å². The molecule has 3 rings (SSSR count). The van der Waals surface area contributed by atoms with Crippen molar-refractivity contribution in [1.29, 1.82) is 0 Å². The summed E-state index contributed by atoms with van der Waals surface area (Å²) in [6.07, 6.45) is 2.44. The van der Waals surface area contributed by atoms with Crippen molar-refractivity contribution in [3.63, 3.8) is 0 Å². The van der Waals surface area contributed by atoms with E-state index in [1.54, 1.807) is 11.3 Å². The quantitative estimate of drug-likeness (QED) is 0.886. The molecule has 0 saturated carbocycles. The first-order valence-corrected chi connectivity index (χ1v) is 8.57. The number of rotatable bonds is 4. The van der Waals surface area contributed by atoms with Crippen LogP contribution in [0.5, 0.6) is 0 Å². The molecule has 1 unspecified atom stereocenters. The molecular formula is C17H21N3OS. The smallest absolute Gasteiger partial charge is 0.319 e. The Morgan fingerprint density at radius 3 is 2.68 bits per heavy atom. The highest BCUT2D eigenvalue weighted by Crippen LogP contribution is 2.28. The number of anilines is 2. The van der Waals surface area contributed by atoms with Crippen molar-refractivity contribution in [2.45, 2.75) is 25.8 Å². The van der Waals surface area contributed by atoms with Gasteiger partial charge in [0.15, 0.2) is 0 Å². The van der Waals surface area contributed by atoms with Gasteiger partial charge >= 0.3 is 6.03 Å². The standard InChI is InChI=1S/C17H21N3OS/c1-13(16-9-6-12-22-16)18-17(21)19-14-7-2-3-8-15(14)20-10-4-5-11-20/h2-3,6-9,12-13H,4-5,10-11H2,1H3,(H2,18,19,21). The molecule has 2 heterocycles. The second kappa shape index (κ2) is 6.83. The summed E-state index contributed by atoms with van der Waals surface area (Å²) in [4.78, 5) is 15.7. The molecule has 1 atom stereocenters. The van der Waals surface area contributed by atoms with Gasteiger partial charge in [-0.25, -0.2) is 4.79 Å². The Labute approximate surface area is 135 Å². The molecule has 2 amide bonds. The zero-order valence-corrected chi connectivity index (χ0v) is 13.5. The number of carbonyl (C=O) groups is 1. The number of benzene rings is 1. The number of nitrogens with one attached hydrogen (secondary N) is 2. The molecule has 1 saturated heterocycles. The van der Waals surface area contributed by atoms with Gasteiger partial charge in [-0.05, 0) is 43.3 Å². The van der Waals surface area contributed by atoms with Gasteiger partial charge < -0.3 is 15.5 Å². The molecule has 0 spiro atoms. The molecule has 1 aromatic carbocycles. The number of hydrogen-bond acceptors (Lipinski definition) is 3. The van der Waals surface area contributed by atoms with Gasteiger partial charge in [0.2, 0.25) is 0 Å². The summed E-state index contributed by atoms with van der Waals surface area (Å²) < 4.78 is 0. The van der Waals surface area contributed by atoms with Crippen LogP contribution in [0.4, 0.5) is 16.2 Å². The largest absolute Gasteiger partial charge is 0.370 e. The third kappa shape index (κ3) is 3.42. The number of nitrogens with zero attached hydrogens (tertiary/aromatic N) is 1. The third-order valence-corrected chi connectivity index (χ3v) is 4.97. The number of hydrogen-bond donors (Lipinski definition) is 2. The summed E-state index contributed by atoms with van der Waals surface area (Å²) >= 11 is 1.65. The number of para-hydroxylation sites is 2. The fourth-order valence-corrected chi connectivity index (χ4v) is 3.51. The SMILES string of the molecule is CC(NC(=O)Nc1ccccc1N1CCCC1)c1cccs1. The van der Waals surface area contributed by atoms with Crippen LogP contribution in [-0.2, 0) is 0 Å². The molecule has 2 N–H and O–H groups in total. The highest BCUT2D eigenvalue weighted by Gasteiger charge is 2.17. The van der Waals surface area contributed by atoms with Crippen LogP contribution in [0.1, 0.15) is 30.7 Å². The van der Waals surface area contributed by atoms with Gasteiger partial charge in [0.05, 0.1) is 17.4 Å². The van der Waals surface area contributed by atoms with Crippen molar-refractivity contribution in [3.05, 3.63) is 46.7 Å². The molecule has 2 aromatic rings. The minimum absolute atomic E-state index is 0.0129. The van der Waals surface area contributed by atoms with E-state index in [0.717, 1.165) is 29.3 Å². The van der Waals surface area contributed by atoms with E-state index in [1.165, 1.54) is 12.8 Å². The lowest BCUT2D eigenvalue weighted by Crippen LogP contribution is -2.31. The maximum Gasteiger partial charge on any atom is 0.319 e. The fourth-order valence-electron chi connectivity index (χ4n) is 2.78. The number of carbonyl (C=O) groups excluding carboxylic acids is 1. The summed E-state index contributed by atoms with van der Waals surface area (Å²) in [5.41, 5.74) is 1.99. The van der Waals surface area contributed by atoms with E-state index in [1.807, 2.05) is 42.6 Å². The highest BCUT2D eigenvalue weighted by atomic mass is 32.1. The normalized spacial score (nSPS) is 15.6. The third-order valence-electron chi connectivity index (χ3n) is 3.92. The highest BCUT2D eigenvalue weighted by molar-refractivity contribution is 7.10. The van der Waals surface area contributed by atoms with Gasteiger partial charge in [-0.15, -0.1) is 11.3 Å². The van der Waals surface area contributed by atoms with Crippen LogP contribution in [-0.4, -0.2) is 19.1 Å². The van der Waals surface area contributed by atoms with Crippen LogP contribution in [0, 0.1) is 0 Å². The van der Waals surface area contributed by atoms with E-state index < -0.39 is 0 Å². The van der Waals surface area contributed by atoms with Crippen LogP contribution < -0.4 is 15.5 Å². The average Bonchev–Trinajstić information content (AvgIpc) is 3.21. The lowest BCUT2D eigenvalue weighted by Gasteiger charge is -2.22. The van der Waals surface area contributed by atoms with Gasteiger partial charge in [0.1, 0.15) is 0 Å². The molecular weight excluding hydrogens is 294 g/mol. The maximum absolute atomic E-state index is 12.2. The lowest BCUT2D eigenvalue weighted by molar-refractivity contribution is 0.249. The molecule has 1 aliphatic rings. The zero-order valence-electron chi connectivity index (χ0n) is 12.7. The maximum atomic E-state index is 12.2. The Kier molecular flexibility index (Phi) is 4.63. The molecule has 1 aromatic heterocycles. The Morgan fingerprint density at radius 2 is 1.95 bits per heavy atom. The predicted octanol–water partition coefficient (Wildman–Crippen LogP) is 4.23. The average molecular weight is 315 g/mol. The minimum Gasteiger partial charge on any atom is -0.370 e. The van der Waals surface area contributed by atoms with Gasteiger partial charge in [0, 0.05) is 18.0 Å². The van der Waals surface area contributed by atoms with Crippen molar-refractivity contribution in [1.82, 2.24) is 5.32 Å². The summed E-state index contributed by atoms with van der Waals surface area (Å²) in [5.74, 6) is 0. The summed E-state index contributed by atoms with van der Waals surface area (Å²) in [5, 5.41) is 8.01. The van der Waals surface area contributed by atoms with Gasteiger partial charge in [-0.1, -0.05) is 18.2 Å². The second-order valence-electron chi connectivity index (χ2n) is 5.55. The molecule has 0 radical (unpaired) electrons. The summed E-state index contributed by atoms with van der Waals surface area (Å²) in [7, 11) is 0.